The number of amides is 1. The molecule has 1 amide bonds. The van der Waals surface area contributed by atoms with E-state index in [9.17, 15) is 4.79 Å². The third-order valence-electron chi connectivity index (χ3n) is 3.79. The second kappa shape index (κ2) is 9.30. The summed E-state index contributed by atoms with van der Waals surface area (Å²) in [5, 5.41) is 2.89. The molecule has 2 aromatic carbocycles. The summed E-state index contributed by atoms with van der Waals surface area (Å²) in [4.78, 5) is 16.5. The van der Waals surface area contributed by atoms with Gasteiger partial charge in [-0.25, -0.2) is 4.98 Å². The van der Waals surface area contributed by atoms with E-state index in [1.807, 2.05) is 48.5 Å². The minimum Gasteiger partial charge on any atom is -0.439 e. The third-order valence-corrected chi connectivity index (χ3v) is 4.32. The number of nitrogens with one attached hydrogen (secondary N) is 1. The lowest BCUT2D eigenvalue weighted by molar-refractivity contribution is 0.0950. The van der Waals surface area contributed by atoms with Crippen molar-refractivity contribution in [3.8, 4) is 11.6 Å². The Kier molecular flexibility index (Phi) is 6.57. The Labute approximate surface area is 166 Å². The Balaban J connectivity index is 1.57. The van der Waals surface area contributed by atoms with Crippen LogP contribution in [0.5, 0.6) is 11.6 Å². The van der Waals surface area contributed by atoms with Crippen molar-refractivity contribution >= 4 is 21.8 Å². The number of halogens is 1. The van der Waals surface area contributed by atoms with Crippen LogP contribution in [0.15, 0.2) is 71.3 Å². The lowest BCUT2D eigenvalue weighted by atomic mass is 10.1. The van der Waals surface area contributed by atoms with Gasteiger partial charge in [0, 0.05) is 30.4 Å². The molecule has 0 unspecified atom stereocenters. The molecule has 0 spiro atoms. The number of ether oxygens (including phenoxy) is 2. The van der Waals surface area contributed by atoms with Crippen LogP contribution in [-0.4, -0.2) is 18.0 Å². The van der Waals surface area contributed by atoms with E-state index in [-0.39, 0.29) is 5.91 Å². The van der Waals surface area contributed by atoms with Gasteiger partial charge in [0.15, 0.2) is 0 Å². The van der Waals surface area contributed by atoms with E-state index in [4.69, 9.17) is 9.47 Å². The van der Waals surface area contributed by atoms with Crippen molar-refractivity contribution in [2.45, 2.75) is 13.2 Å². The van der Waals surface area contributed by atoms with Gasteiger partial charge < -0.3 is 14.8 Å². The maximum atomic E-state index is 12.3. The highest BCUT2D eigenvalue weighted by atomic mass is 79.9. The first-order valence-corrected chi connectivity index (χ1v) is 9.18. The van der Waals surface area contributed by atoms with Gasteiger partial charge in [0.1, 0.15) is 5.75 Å². The molecule has 0 aliphatic carbocycles. The van der Waals surface area contributed by atoms with Crippen molar-refractivity contribution < 1.29 is 14.3 Å². The molecular weight excluding hydrogens is 408 g/mol. The molecule has 27 heavy (non-hydrogen) atoms. The van der Waals surface area contributed by atoms with Crippen LogP contribution in [0.25, 0.3) is 0 Å². The fourth-order valence-corrected chi connectivity index (χ4v) is 2.74. The predicted molar refractivity (Wildman–Crippen MR) is 107 cm³/mol. The molecule has 0 saturated heterocycles. The van der Waals surface area contributed by atoms with Crippen LogP contribution in [0.2, 0.25) is 0 Å². The second-order valence-electron chi connectivity index (χ2n) is 5.88. The number of carbonyl (C=O) groups is 1. The van der Waals surface area contributed by atoms with Gasteiger partial charge in [0.05, 0.1) is 12.2 Å². The Morgan fingerprint density at radius 3 is 2.56 bits per heavy atom. The van der Waals surface area contributed by atoms with Gasteiger partial charge in [0.25, 0.3) is 5.91 Å². The van der Waals surface area contributed by atoms with Gasteiger partial charge in [-0.2, -0.15) is 0 Å². The Hall–Kier alpha value is -2.70. The molecule has 138 valence electrons. The number of carbonyl (C=O) groups excluding carboxylic acids is 1. The molecule has 0 atom stereocenters. The molecule has 0 saturated carbocycles. The highest BCUT2D eigenvalue weighted by molar-refractivity contribution is 9.10. The van der Waals surface area contributed by atoms with Crippen molar-refractivity contribution in [2.75, 3.05) is 7.11 Å². The van der Waals surface area contributed by atoms with Gasteiger partial charge in [-0.1, -0.05) is 40.2 Å². The van der Waals surface area contributed by atoms with E-state index >= 15 is 0 Å². The summed E-state index contributed by atoms with van der Waals surface area (Å²) in [6, 6.07) is 18.7. The summed E-state index contributed by atoms with van der Waals surface area (Å²) in [6.07, 6.45) is 1.50. The van der Waals surface area contributed by atoms with E-state index in [0.29, 0.717) is 30.3 Å². The molecule has 0 fully saturated rings. The Morgan fingerprint density at radius 1 is 1.07 bits per heavy atom. The standard InChI is InChI=1S/C21H19BrN2O3/c1-26-14-16-4-2-3-15(11-16)12-24-21(25)17-5-10-20(23-13-17)27-19-8-6-18(22)7-9-19/h2-11,13H,12,14H2,1H3,(H,24,25). The summed E-state index contributed by atoms with van der Waals surface area (Å²) in [7, 11) is 1.66. The number of pyridine rings is 1. The normalized spacial score (nSPS) is 10.4. The zero-order valence-corrected chi connectivity index (χ0v) is 16.4. The Morgan fingerprint density at radius 2 is 1.85 bits per heavy atom. The fourth-order valence-electron chi connectivity index (χ4n) is 2.48. The number of aromatic nitrogens is 1. The smallest absolute Gasteiger partial charge is 0.253 e. The minimum atomic E-state index is -0.185. The van der Waals surface area contributed by atoms with E-state index < -0.39 is 0 Å². The summed E-state index contributed by atoms with van der Waals surface area (Å²) >= 11 is 3.38. The molecule has 3 aromatic rings. The molecule has 1 N–H and O–H groups in total. The number of rotatable bonds is 7. The van der Waals surface area contributed by atoms with Crippen molar-refractivity contribution in [1.29, 1.82) is 0 Å². The number of benzene rings is 2. The molecule has 6 heteroatoms. The van der Waals surface area contributed by atoms with Crippen LogP contribution in [-0.2, 0) is 17.9 Å². The Bertz CT molecular complexity index is 896. The molecular formula is C21H19BrN2O3. The third kappa shape index (κ3) is 5.64. The SMILES string of the molecule is COCc1cccc(CNC(=O)c2ccc(Oc3ccc(Br)cc3)nc2)c1. The maximum absolute atomic E-state index is 12.3. The summed E-state index contributed by atoms with van der Waals surface area (Å²) in [6.45, 7) is 0.985. The average Bonchev–Trinajstić information content (AvgIpc) is 2.69. The number of nitrogens with zero attached hydrogens (tertiary/aromatic N) is 1. The first kappa shape index (κ1) is 19.1. The van der Waals surface area contributed by atoms with Gasteiger partial charge in [-0.3, -0.25) is 4.79 Å². The molecule has 1 heterocycles. The predicted octanol–water partition coefficient (Wildman–Crippen LogP) is 4.71. The zero-order valence-electron chi connectivity index (χ0n) is 14.8. The van der Waals surface area contributed by atoms with Crippen molar-refractivity contribution in [2.24, 2.45) is 0 Å². The number of hydrogen-bond acceptors (Lipinski definition) is 4. The highest BCUT2D eigenvalue weighted by Crippen LogP contribution is 2.21. The first-order valence-electron chi connectivity index (χ1n) is 8.38. The van der Waals surface area contributed by atoms with Gasteiger partial charge in [-0.05, 0) is 41.5 Å². The van der Waals surface area contributed by atoms with E-state index in [2.05, 4.69) is 26.2 Å². The lowest BCUT2D eigenvalue weighted by Gasteiger charge is -2.08. The average molecular weight is 427 g/mol. The molecule has 0 aliphatic heterocycles. The van der Waals surface area contributed by atoms with E-state index in [0.717, 1.165) is 15.6 Å². The monoisotopic (exact) mass is 426 g/mol. The van der Waals surface area contributed by atoms with Crippen LogP contribution in [0.3, 0.4) is 0 Å². The molecule has 0 radical (unpaired) electrons. The van der Waals surface area contributed by atoms with Gasteiger partial charge >= 0.3 is 0 Å². The topological polar surface area (TPSA) is 60.5 Å². The summed E-state index contributed by atoms with van der Waals surface area (Å²) in [5.74, 6) is 0.926. The molecule has 5 nitrogen and oxygen atoms in total. The molecule has 0 aliphatic rings. The van der Waals surface area contributed by atoms with Crippen molar-refractivity contribution in [1.82, 2.24) is 10.3 Å². The second-order valence-corrected chi connectivity index (χ2v) is 6.79. The summed E-state index contributed by atoms with van der Waals surface area (Å²) in [5.41, 5.74) is 2.56. The summed E-state index contributed by atoms with van der Waals surface area (Å²) < 4.78 is 11.8. The molecule has 0 bridgehead atoms. The van der Waals surface area contributed by atoms with Crippen LogP contribution < -0.4 is 10.1 Å². The van der Waals surface area contributed by atoms with Crippen LogP contribution in [0.1, 0.15) is 21.5 Å². The van der Waals surface area contributed by atoms with Gasteiger partial charge in [0.2, 0.25) is 5.88 Å². The van der Waals surface area contributed by atoms with E-state index in [1.165, 1.54) is 6.20 Å². The van der Waals surface area contributed by atoms with Crippen LogP contribution in [0, 0.1) is 0 Å². The fraction of sp³-hybridized carbons (Fsp3) is 0.143. The zero-order chi connectivity index (χ0) is 19.1. The highest BCUT2D eigenvalue weighted by Gasteiger charge is 2.07. The van der Waals surface area contributed by atoms with Crippen LogP contribution in [0.4, 0.5) is 0 Å². The minimum absolute atomic E-state index is 0.185. The first-order chi connectivity index (χ1) is 13.1. The van der Waals surface area contributed by atoms with Crippen molar-refractivity contribution in [3.63, 3.8) is 0 Å². The number of methoxy groups -OCH3 is 1. The molecule has 1 aromatic heterocycles. The number of hydrogen-bond donors (Lipinski definition) is 1. The quantitative estimate of drug-likeness (QED) is 0.593. The maximum Gasteiger partial charge on any atom is 0.253 e. The molecule has 3 rings (SSSR count). The van der Waals surface area contributed by atoms with Crippen LogP contribution >= 0.6 is 15.9 Å². The lowest BCUT2D eigenvalue weighted by Crippen LogP contribution is -2.22. The van der Waals surface area contributed by atoms with E-state index in [1.54, 1.807) is 19.2 Å². The van der Waals surface area contributed by atoms with Crippen molar-refractivity contribution in [3.05, 3.63) is 88.0 Å². The largest absolute Gasteiger partial charge is 0.439 e. The van der Waals surface area contributed by atoms with Gasteiger partial charge in [-0.15, -0.1) is 0 Å².